The summed E-state index contributed by atoms with van der Waals surface area (Å²) in [4.78, 5) is 22.9. The molecule has 0 radical (unpaired) electrons. The van der Waals surface area contributed by atoms with Gasteiger partial charge in [0.1, 0.15) is 22.6 Å². The quantitative estimate of drug-likeness (QED) is 0.435. The fraction of sp³-hybridized carbons (Fsp3) is 0.0800. The van der Waals surface area contributed by atoms with Crippen LogP contribution in [0.3, 0.4) is 0 Å². The Hall–Kier alpha value is -4.39. The maximum atomic E-state index is 13.4. The lowest BCUT2D eigenvalue weighted by Crippen LogP contribution is -2.15. The van der Waals surface area contributed by atoms with Crippen LogP contribution in [0.2, 0.25) is 0 Å². The van der Waals surface area contributed by atoms with Crippen LogP contribution < -0.4 is 15.8 Å². The first-order valence-corrected chi connectivity index (χ1v) is 10.2. The second-order valence-electron chi connectivity index (χ2n) is 7.37. The van der Waals surface area contributed by atoms with E-state index in [-0.39, 0.29) is 5.91 Å². The Bertz CT molecular complexity index is 1440. The molecule has 0 aliphatic rings. The summed E-state index contributed by atoms with van der Waals surface area (Å²) in [5.74, 6) is 0.504. The van der Waals surface area contributed by atoms with Crippen LogP contribution in [0.25, 0.3) is 22.2 Å². The van der Waals surface area contributed by atoms with Gasteiger partial charge in [-0.25, -0.2) is 9.97 Å². The van der Waals surface area contributed by atoms with Gasteiger partial charge in [-0.2, -0.15) is 0 Å². The van der Waals surface area contributed by atoms with E-state index in [0.29, 0.717) is 46.0 Å². The second kappa shape index (κ2) is 8.03. The van der Waals surface area contributed by atoms with Crippen molar-refractivity contribution in [1.29, 1.82) is 0 Å². The molecular weight excluding hydrogens is 402 g/mol. The number of aromatic nitrogens is 3. The fourth-order valence-electron chi connectivity index (χ4n) is 3.80. The van der Waals surface area contributed by atoms with E-state index in [1.165, 1.54) is 0 Å². The summed E-state index contributed by atoms with van der Waals surface area (Å²) in [5.41, 5.74) is 10.9. The van der Waals surface area contributed by atoms with Gasteiger partial charge in [-0.05, 0) is 29.8 Å². The normalized spacial score (nSPS) is 11.0. The molecule has 0 fully saturated rings. The number of hydrogen-bond acceptors (Lipinski definition) is 5. The first kappa shape index (κ1) is 19.6. The Balaban J connectivity index is 1.68. The van der Waals surface area contributed by atoms with E-state index in [9.17, 15) is 4.79 Å². The zero-order valence-electron chi connectivity index (χ0n) is 17.4. The van der Waals surface area contributed by atoms with Gasteiger partial charge in [0.25, 0.3) is 5.91 Å². The van der Waals surface area contributed by atoms with Gasteiger partial charge in [-0.1, -0.05) is 54.6 Å². The van der Waals surface area contributed by atoms with Crippen LogP contribution in [0.15, 0.2) is 78.9 Å². The van der Waals surface area contributed by atoms with Crippen molar-refractivity contribution in [3.8, 4) is 5.75 Å². The number of nitrogens with one attached hydrogen (secondary N) is 1. The summed E-state index contributed by atoms with van der Waals surface area (Å²) in [5, 5.41) is 2.91. The number of nitrogens with zero attached hydrogens (tertiary/aromatic N) is 3. The number of fused-ring (bicyclic) bond motifs is 2. The molecule has 3 aromatic carbocycles. The second-order valence-corrected chi connectivity index (χ2v) is 7.37. The van der Waals surface area contributed by atoms with Crippen LogP contribution in [-0.4, -0.2) is 27.6 Å². The fourth-order valence-corrected chi connectivity index (χ4v) is 3.80. The molecule has 5 aromatic rings. The standard InChI is InChI=1S/C25H21N5O2/c1-32-20-14-8-7-13-19(20)29-25(31)21-22-24(28-18-12-6-5-11-17(18)27-22)30(23(21)26)15-16-9-3-2-4-10-16/h2-14H,15,26H2,1H3,(H,29,31). The number of ether oxygens (including phenoxy) is 1. The van der Waals surface area contributed by atoms with Crippen molar-refractivity contribution in [1.82, 2.24) is 14.5 Å². The number of para-hydroxylation sites is 4. The average Bonchev–Trinajstić information content (AvgIpc) is 3.09. The first-order valence-electron chi connectivity index (χ1n) is 10.2. The average molecular weight is 423 g/mol. The van der Waals surface area contributed by atoms with Crippen LogP contribution in [0.5, 0.6) is 5.75 Å². The van der Waals surface area contributed by atoms with Crippen LogP contribution in [-0.2, 0) is 6.54 Å². The van der Waals surface area contributed by atoms with E-state index in [4.69, 9.17) is 20.4 Å². The third-order valence-corrected chi connectivity index (χ3v) is 5.36. The van der Waals surface area contributed by atoms with Gasteiger partial charge in [-0.15, -0.1) is 0 Å². The van der Waals surface area contributed by atoms with Crippen molar-refractivity contribution >= 4 is 39.6 Å². The number of hydrogen-bond donors (Lipinski definition) is 2. The van der Waals surface area contributed by atoms with Crippen LogP contribution in [0, 0.1) is 0 Å². The number of methoxy groups -OCH3 is 1. The lowest BCUT2D eigenvalue weighted by atomic mass is 10.2. The number of carbonyl (C=O) groups is 1. The number of amides is 1. The van der Waals surface area contributed by atoms with Crippen molar-refractivity contribution in [2.45, 2.75) is 6.54 Å². The summed E-state index contributed by atoms with van der Waals surface area (Å²) in [6.07, 6.45) is 0. The third-order valence-electron chi connectivity index (χ3n) is 5.36. The molecule has 158 valence electrons. The summed E-state index contributed by atoms with van der Waals surface area (Å²) in [6.45, 7) is 0.470. The molecule has 0 saturated carbocycles. The summed E-state index contributed by atoms with van der Waals surface area (Å²) >= 11 is 0. The smallest absolute Gasteiger partial charge is 0.261 e. The lowest BCUT2D eigenvalue weighted by Gasteiger charge is -2.10. The molecule has 7 heteroatoms. The molecule has 1 amide bonds. The zero-order chi connectivity index (χ0) is 22.1. The van der Waals surface area contributed by atoms with Crippen LogP contribution >= 0.6 is 0 Å². The Labute approximate surface area is 184 Å². The molecule has 2 heterocycles. The van der Waals surface area contributed by atoms with E-state index >= 15 is 0 Å². The van der Waals surface area contributed by atoms with Crippen LogP contribution in [0.4, 0.5) is 11.5 Å². The monoisotopic (exact) mass is 423 g/mol. The highest BCUT2D eigenvalue weighted by Gasteiger charge is 2.24. The molecule has 0 unspecified atom stereocenters. The van der Waals surface area contributed by atoms with Gasteiger partial charge in [0, 0.05) is 0 Å². The number of anilines is 2. The van der Waals surface area contributed by atoms with Gasteiger partial charge >= 0.3 is 0 Å². The van der Waals surface area contributed by atoms with Gasteiger partial charge in [-0.3, -0.25) is 4.79 Å². The minimum Gasteiger partial charge on any atom is -0.495 e. The lowest BCUT2D eigenvalue weighted by molar-refractivity contribution is 0.102. The van der Waals surface area contributed by atoms with Crippen LogP contribution in [0.1, 0.15) is 15.9 Å². The van der Waals surface area contributed by atoms with Crippen molar-refractivity contribution < 1.29 is 9.53 Å². The molecule has 0 saturated heterocycles. The Kier molecular flexibility index (Phi) is 4.91. The SMILES string of the molecule is COc1ccccc1NC(=O)c1c(N)n(Cc2ccccc2)c2nc3ccccc3nc12. The molecule has 7 nitrogen and oxygen atoms in total. The molecule has 0 spiro atoms. The maximum Gasteiger partial charge on any atom is 0.261 e. The predicted molar refractivity (Wildman–Crippen MR) is 126 cm³/mol. The van der Waals surface area contributed by atoms with Gasteiger partial charge < -0.3 is 20.4 Å². The molecule has 0 bridgehead atoms. The topological polar surface area (TPSA) is 95.1 Å². The Morgan fingerprint density at radius 1 is 0.938 bits per heavy atom. The number of nitrogens with two attached hydrogens (primary N) is 1. The first-order chi connectivity index (χ1) is 15.7. The minimum absolute atomic E-state index is 0.292. The number of carbonyl (C=O) groups excluding carboxylic acids is 1. The highest BCUT2D eigenvalue weighted by molar-refractivity contribution is 6.16. The summed E-state index contributed by atoms with van der Waals surface area (Å²) < 4.78 is 7.20. The summed E-state index contributed by atoms with van der Waals surface area (Å²) in [6, 6.07) is 24.7. The van der Waals surface area contributed by atoms with Crippen molar-refractivity contribution in [2.24, 2.45) is 0 Å². The molecule has 2 aromatic heterocycles. The van der Waals surface area contributed by atoms with E-state index in [1.807, 2.05) is 71.3 Å². The number of rotatable bonds is 5. The maximum absolute atomic E-state index is 13.4. The molecule has 0 aliphatic carbocycles. The van der Waals surface area contributed by atoms with E-state index in [2.05, 4.69) is 5.32 Å². The molecule has 3 N–H and O–H groups in total. The van der Waals surface area contributed by atoms with E-state index in [1.54, 1.807) is 19.2 Å². The van der Waals surface area contributed by atoms with Crippen molar-refractivity contribution in [2.75, 3.05) is 18.2 Å². The van der Waals surface area contributed by atoms with E-state index in [0.717, 1.165) is 11.1 Å². The Morgan fingerprint density at radius 3 is 2.34 bits per heavy atom. The highest BCUT2D eigenvalue weighted by atomic mass is 16.5. The molecular formula is C25H21N5O2. The highest BCUT2D eigenvalue weighted by Crippen LogP contribution is 2.31. The predicted octanol–water partition coefficient (Wildman–Crippen LogP) is 4.48. The number of benzene rings is 3. The Morgan fingerprint density at radius 2 is 1.59 bits per heavy atom. The van der Waals surface area contributed by atoms with Gasteiger partial charge in [0.2, 0.25) is 0 Å². The van der Waals surface area contributed by atoms with Crippen molar-refractivity contribution in [3.63, 3.8) is 0 Å². The zero-order valence-corrected chi connectivity index (χ0v) is 17.4. The van der Waals surface area contributed by atoms with Crippen molar-refractivity contribution in [3.05, 3.63) is 90.0 Å². The number of nitrogen functional groups attached to an aromatic ring is 1. The van der Waals surface area contributed by atoms with Gasteiger partial charge in [0.05, 0.1) is 30.4 Å². The van der Waals surface area contributed by atoms with Gasteiger partial charge in [0.15, 0.2) is 5.65 Å². The minimum atomic E-state index is -0.367. The third kappa shape index (κ3) is 3.39. The molecule has 0 aliphatic heterocycles. The largest absolute Gasteiger partial charge is 0.495 e. The molecule has 32 heavy (non-hydrogen) atoms. The summed E-state index contributed by atoms with van der Waals surface area (Å²) in [7, 11) is 1.56. The van der Waals surface area contributed by atoms with E-state index < -0.39 is 0 Å². The molecule has 0 atom stereocenters. The molecule has 5 rings (SSSR count).